The predicted octanol–water partition coefficient (Wildman–Crippen LogP) is 7.52. The molecule has 0 atom stereocenters. The highest BCUT2D eigenvalue weighted by atomic mass is 32.2. The molecule has 0 saturated heterocycles. The van der Waals surface area contributed by atoms with Crippen molar-refractivity contribution in [2.24, 2.45) is 0 Å². The SMILES string of the molecule is Cc1cc(Nc2ccc(C(=O)/C=C/c3ccc4ccccc4c3)cc2)n2nc(SCc3ccccc3)nc2n1. The molecule has 0 aliphatic rings. The quantitative estimate of drug-likeness (QED) is 0.125. The first-order valence-electron chi connectivity index (χ1n) is 12.6. The first-order chi connectivity index (χ1) is 19.1. The maximum Gasteiger partial charge on any atom is 0.255 e. The summed E-state index contributed by atoms with van der Waals surface area (Å²) < 4.78 is 1.71. The highest BCUT2D eigenvalue weighted by molar-refractivity contribution is 7.98. The lowest BCUT2D eigenvalue weighted by Gasteiger charge is -2.09. The molecule has 7 heteroatoms. The van der Waals surface area contributed by atoms with E-state index in [1.165, 1.54) is 10.9 Å². The summed E-state index contributed by atoms with van der Waals surface area (Å²) in [7, 11) is 0. The van der Waals surface area contributed by atoms with Crippen molar-refractivity contribution in [1.82, 2.24) is 19.6 Å². The van der Waals surface area contributed by atoms with Crippen LogP contribution >= 0.6 is 11.8 Å². The molecule has 0 aliphatic carbocycles. The second-order valence-corrected chi connectivity index (χ2v) is 10.1. The van der Waals surface area contributed by atoms with E-state index < -0.39 is 0 Å². The standard InChI is InChI=1S/C32H25N5OS/c1-22-19-30(37-31(33-22)35-32(36-37)39-21-24-7-3-2-4-8-24)34-28-16-14-26(15-17-28)29(38)18-12-23-11-13-25-9-5-6-10-27(25)20-23/h2-20,34H,21H2,1H3/b18-12+. The predicted molar refractivity (Wildman–Crippen MR) is 159 cm³/mol. The molecule has 190 valence electrons. The Balaban J connectivity index is 1.16. The summed E-state index contributed by atoms with van der Waals surface area (Å²) in [6.45, 7) is 1.93. The number of thioether (sulfide) groups is 1. The number of rotatable bonds is 8. The van der Waals surface area contributed by atoms with Crippen molar-refractivity contribution in [2.75, 3.05) is 5.32 Å². The summed E-state index contributed by atoms with van der Waals surface area (Å²) in [4.78, 5) is 21.9. The van der Waals surface area contributed by atoms with E-state index in [0.29, 0.717) is 16.5 Å². The van der Waals surface area contributed by atoms with Gasteiger partial charge in [-0.1, -0.05) is 84.6 Å². The molecule has 6 rings (SSSR count). The molecule has 2 aromatic heterocycles. The van der Waals surface area contributed by atoms with E-state index >= 15 is 0 Å². The second kappa shape index (κ2) is 10.9. The van der Waals surface area contributed by atoms with Crippen LogP contribution < -0.4 is 5.32 Å². The lowest BCUT2D eigenvalue weighted by Crippen LogP contribution is -2.03. The van der Waals surface area contributed by atoms with Gasteiger partial charge in [0.2, 0.25) is 5.16 Å². The number of carbonyl (C=O) groups is 1. The van der Waals surface area contributed by atoms with Gasteiger partial charge in [0.05, 0.1) is 0 Å². The minimum atomic E-state index is -0.0480. The van der Waals surface area contributed by atoms with Gasteiger partial charge in [0, 0.05) is 28.8 Å². The zero-order chi connectivity index (χ0) is 26.6. The Hall–Kier alpha value is -4.75. The molecule has 4 aromatic carbocycles. The first-order valence-corrected chi connectivity index (χ1v) is 13.6. The molecular weight excluding hydrogens is 502 g/mol. The lowest BCUT2D eigenvalue weighted by atomic mass is 10.1. The topological polar surface area (TPSA) is 72.2 Å². The molecule has 0 aliphatic heterocycles. The number of anilines is 2. The summed E-state index contributed by atoms with van der Waals surface area (Å²) >= 11 is 1.57. The number of hydrogen-bond acceptors (Lipinski definition) is 6. The van der Waals surface area contributed by atoms with Crippen LogP contribution in [0.15, 0.2) is 114 Å². The normalized spacial score (nSPS) is 11.4. The van der Waals surface area contributed by atoms with Crippen LogP contribution in [0.2, 0.25) is 0 Å². The summed E-state index contributed by atoms with van der Waals surface area (Å²) in [5.41, 5.74) is 4.50. The number of aromatic nitrogens is 4. The number of nitrogens with zero attached hydrogens (tertiary/aromatic N) is 4. The van der Waals surface area contributed by atoms with Crippen molar-refractivity contribution >= 4 is 51.7 Å². The van der Waals surface area contributed by atoms with Crippen LogP contribution in [0, 0.1) is 6.92 Å². The van der Waals surface area contributed by atoms with Gasteiger partial charge >= 0.3 is 0 Å². The maximum absolute atomic E-state index is 12.8. The number of nitrogens with one attached hydrogen (secondary N) is 1. The average Bonchev–Trinajstić information content (AvgIpc) is 3.39. The molecule has 2 heterocycles. The molecule has 0 amide bonds. The van der Waals surface area contributed by atoms with Gasteiger partial charge in [-0.2, -0.15) is 9.50 Å². The lowest BCUT2D eigenvalue weighted by molar-refractivity contribution is 0.104. The molecule has 0 fully saturated rings. The number of carbonyl (C=O) groups excluding carboxylic acids is 1. The van der Waals surface area contributed by atoms with Gasteiger partial charge in [-0.3, -0.25) is 4.79 Å². The summed E-state index contributed by atoms with van der Waals surface area (Å²) in [6.07, 6.45) is 3.47. The van der Waals surface area contributed by atoms with Gasteiger partial charge < -0.3 is 5.32 Å². The number of allylic oxidation sites excluding steroid dienone is 1. The van der Waals surface area contributed by atoms with Gasteiger partial charge in [-0.25, -0.2) is 4.98 Å². The van der Waals surface area contributed by atoms with Gasteiger partial charge in [-0.15, -0.1) is 5.10 Å². The molecule has 0 spiro atoms. The molecule has 0 saturated carbocycles. The number of ketones is 1. The van der Waals surface area contributed by atoms with E-state index in [2.05, 4.69) is 56.8 Å². The molecule has 6 nitrogen and oxygen atoms in total. The van der Waals surface area contributed by atoms with Crippen molar-refractivity contribution in [1.29, 1.82) is 0 Å². The van der Waals surface area contributed by atoms with Crippen LogP contribution in [-0.4, -0.2) is 25.4 Å². The van der Waals surface area contributed by atoms with E-state index in [4.69, 9.17) is 0 Å². The molecule has 0 unspecified atom stereocenters. The smallest absolute Gasteiger partial charge is 0.255 e. The van der Waals surface area contributed by atoms with Crippen LogP contribution in [0.25, 0.3) is 22.6 Å². The van der Waals surface area contributed by atoms with E-state index in [1.807, 2.05) is 79.7 Å². The van der Waals surface area contributed by atoms with Crippen molar-refractivity contribution in [3.05, 3.63) is 132 Å². The Labute approximate surface area is 230 Å². The number of aryl methyl sites for hydroxylation is 1. The third-order valence-electron chi connectivity index (χ3n) is 6.27. The Bertz CT molecular complexity index is 1810. The van der Waals surface area contributed by atoms with Crippen molar-refractivity contribution < 1.29 is 4.79 Å². The highest BCUT2D eigenvalue weighted by Crippen LogP contribution is 2.24. The molecule has 0 radical (unpaired) electrons. The number of hydrogen-bond donors (Lipinski definition) is 1. The first kappa shape index (κ1) is 24.6. The van der Waals surface area contributed by atoms with E-state index in [0.717, 1.165) is 33.9 Å². The van der Waals surface area contributed by atoms with E-state index in [9.17, 15) is 4.79 Å². The number of fused-ring (bicyclic) bond motifs is 2. The fourth-order valence-electron chi connectivity index (χ4n) is 4.29. The molecule has 6 aromatic rings. The van der Waals surface area contributed by atoms with Gasteiger partial charge in [0.15, 0.2) is 5.78 Å². The second-order valence-electron chi connectivity index (χ2n) is 9.17. The Morgan fingerprint density at radius 1 is 0.872 bits per heavy atom. The zero-order valence-electron chi connectivity index (χ0n) is 21.3. The fraction of sp³-hybridized carbons (Fsp3) is 0.0625. The number of benzene rings is 4. The van der Waals surface area contributed by atoms with Crippen molar-refractivity contribution in [3.8, 4) is 0 Å². The molecule has 0 bridgehead atoms. The minimum absolute atomic E-state index is 0.0480. The zero-order valence-corrected chi connectivity index (χ0v) is 22.1. The largest absolute Gasteiger partial charge is 0.340 e. The van der Waals surface area contributed by atoms with Gasteiger partial charge in [-0.05, 0) is 65.2 Å². The molecule has 1 N–H and O–H groups in total. The molecular formula is C32H25N5OS. The van der Waals surface area contributed by atoms with Crippen LogP contribution in [-0.2, 0) is 5.75 Å². The van der Waals surface area contributed by atoms with Crippen molar-refractivity contribution in [3.63, 3.8) is 0 Å². The van der Waals surface area contributed by atoms with Gasteiger partial charge in [0.25, 0.3) is 5.78 Å². The Morgan fingerprint density at radius 2 is 1.64 bits per heavy atom. The third kappa shape index (κ3) is 5.73. The van der Waals surface area contributed by atoms with Crippen LogP contribution in [0.5, 0.6) is 0 Å². The summed E-state index contributed by atoms with van der Waals surface area (Å²) in [5, 5.41) is 11.1. The minimum Gasteiger partial charge on any atom is -0.340 e. The van der Waals surface area contributed by atoms with E-state index in [1.54, 1.807) is 22.4 Å². The monoisotopic (exact) mass is 527 g/mol. The summed E-state index contributed by atoms with van der Waals surface area (Å²) in [6, 6.07) is 34.0. The Kier molecular flexibility index (Phi) is 6.89. The average molecular weight is 528 g/mol. The van der Waals surface area contributed by atoms with Crippen LogP contribution in [0.3, 0.4) is 0 Å². The van der Waals surface area contributed by atoms with Crippen molar-refractivity contribution in [2.45, 2.75) is 17.8 Å². The highest BCUT2D eigenvalue weighted by Gasteiger charge is 2.11. The summed E-state index contributed by atoms with van der Waals surface area (Å²) in [5.74, 6) is 2.03. The fourth-order valence-corrected chi connectivity index (χ4v) is 5.06. The molecule has 39 heavy (non-hydrogen) atoms. The third-order valence-corrected chi connectivity index (χ3v) is 7.18. The van der Waals surface area contributed by atoms with E-state index in [-0.39, 0.29) is 5.78 Å². The van der Waals surface area contributed by atoms with Crippen LogP contribution in [0.4, 0.5) is 11.5 Å². The Morgan fingerprint density at radius 3 is 2.46 bits per heavy atom. The van der Waals surface area contributed by atoms with Crippen LogP contribution in [0.1, 0.15) is 27.2 Å². The van der Waals surface area contributed by atoms with Gasteiger partial charge in [0.1, 0.15) is 5.82 Å². The maximum atomic E-state index is 12.8.